The summed E-state index contributed by atoms with van der Waals surface area (Å²) >= 11 is 0. The molecule has 0 fully saturated rings. The summed E-state index contributed by atoms with van der Waals surface area (Å²) in [5, 5.41) is 5.27. The molecule has 28 heavy (non-hydrogen) atoms. The first-order chi connectivity index (χ1) is 13.8. The molecular formula is C25H21N3. The van der Waals surface area contributed by atoms with E-state index in [1.165, 1.54) is 50.9 Å². The van der Waals surface area contributed by atoms with Gasteiger partial charge in [0.05, 0.1) is 28.8 Å². The van der Waals surface area contributed by atoms with E-state index in [9.17, 15) is 0 Å². The number of fused-ring (bicyclic) bond motifs is 6. The van der Waals surface area contributed by atoms with Crippen LogP contribution in [0, 0.1) is 6.33 Å². The predicted octanol–water partition coefficient (Wildman–Crippen LogP) is 5.52. The van der Waals surface area contributed by atoms with Gasteiger partial charge in [-0.3, -0.25) is 0 Å². The Labute approximate surface area is 163 Å². The highest BCUT2D eigenvalue weighted by molar-refractivity contribution is 6.23. The lowest BCUT2D eigenvalue weighted by atomic mass is 10.1. The molecule has 0 unspecified atom stereocenters. The quantitative estimate of drug-likeness (QED) is 0.289. The van der Waals surface area contributed by atoms with E-state index in [1.54, 1.807) is 0 Å². The zero-order valence-electron chi connectivity index (χ0n) is 15.9. The lowest BCUT2D eigenvalue weighted by Crippen LogP contribution is -2.31. The van der Waals surface area contributed by atoms with Crippen molar-refractivity contribution in [2.24, 2.45) is 0 Å². The fourth-order valence-corrected chi connectivity index (χ4v) is 4.52. The van der Waals surface area contributed by atoms with Crippen LogP contribution in [-0.2, 0) is 6.54 Å². The van der Waals surface area contributed by atoms with Crippen LogP contribution in [0.5, 0.6) is 0 Å². The second kappa shape index (κ2) is 5.83. The summed E-state index contributed by atoms with van der Waals surface area (Å²) < 4.78 is 6.66. The van der Waals surface area contributed by atoms with Gasteiger partial charge < -0.3 is 13.5 Å². The van der Waals surface area contributed by atoms with Crippen LogP contribution in [-0.4, -0.2) is 8.97 Å². The number of hydrogen-bond donors (Lipinski definition) is 0. The first-order valence-electron chi connectivity index (χ1n) is 10.0. The third kappa shape index (κ3) is 2.07. The van der Waals surface area contributed by atoms with E-state index < -0.39 is 0 Å². The summed E-state index contributed by atoms with van der Waals surface area (Å²) in [4.78, 5) is 0. The first-order valence-corrected chi connectivity index (χ1v) is 10.0. The molecule has 0 amide bonds. The zero-order valence-corrected chi connectivity index (χ0v) is 15.9. The maximum atomic E-state index is 3.45. The van der Waals surface area contributed by atoms with E-state index in [1.807, 2.05) is 0 Å². The summed E-state index contributed by atoms with van der Waals surface area (Å²) in [5.41, 5.74) is 5.02. The average molecular weight is 363 g/mol. The molecule has 0 saturated carbocycles. The van der Waals surface area contributed by atoms with Gasteiger partial charge in [0.1, 0.15) is 0 Å². The Kier molecular flexibility index (Phi) is 3.27. The van der Waals surface area contributed by atoms with Crippen LogP contribution < -0.4 is 4.57 Å². The summed E-state index contributed by atoms with van der Waals surface area (Å²) in [7, 11) is 0. The predicted molar refractivity (Wildman–Crippen MR) is 114 cm³/mol. The highest BCUT2D eigenvalue weighted by Crippen LogP contribution is 2.39. The Bertz CT molecular complexity index is 1450. The summed E-state index contributed by atoms with van der Waals surface area (Å²) in [6.07, 6.45) is 10.0. The van der Waals surface area contributed by atoms with Crippen molar-refractivity contribution in [3.63, 3.8) is 0 Å². The Morgan fingerprint density at radius 1 is 0.857 bits per heavy atom. The largest absolute Gasteiger partial charge is 0.326 e. The standard InChI is InChI=1S/C25H21N3/c1-2-3-13-26-14-15-27(17-26)18-11-12-24-22(16-18)21-9-6-8-20-19-7-4-5-10-23(19)28(24)25(20)21/h4-12,14-16H,2-3,13H2,1H3. The van der Waals surface area contributed by atoms with Gasteiger partial charge in [-0.2, -0.15) is 0 Å². The topological polar surface area (TPSA) is 13.2 Å². The normalized spacial score (nSPS) is 12.2. The molecule has 0 aliphatic rings. The fourth-order valence-electron chi connectivity index (χ4n) is 4.52. The summed E-state index contributed by atoms with van der Waals surface area (Å²) in [6.45, 7) is 3.24. The van der Waals surface area contributed by atoms with Crippen molar-refractivity contribution >= 4 is 38.1 Å². The molecule has 6 aromatic rings. The molecular weight excluding hydrogens is 342 g/mol. The number of nitrogens with zero attached hydrogens (tertiary/aromatic N) is 3. The van der Waals surface area contributed by atoms with Gasteiger partial charge in [-0.25, -0.2) is 0 Å². The van der Waals surface area contributed by atoms with Gasteiger partial charge in [0.25, 0.3) is 0 Å². The molecule has 0 bridgehead atoms. The van der Waals surface area contributed by atoms with Crippen LogP contribution in [0.15, 0.2) is 73.1 Å². The van der Waals surface area contributed by atoms with Crippen LogP contribution in [0.1, 0.15) is 19.8 Å². The minimum absolute atomic E-state index is 1.02. The van der Waals surface area contributed by atoms with Gasteiger partial charge in [0.15, 0.2) is 0 Å². The van der Waals surface area contributed by atoms with Gasteiger partial charge in [-0.15, -0.1) is 0 Å². The number of unbranched alkanes of at least 4 members (excludes halogenated alkanes) is 1. The molecule has 6 rings (SSSR count). The third-order valence-electron chi connectivity index (χ3n) is 5.87. The Morgan fingerprint density at radius 2 is 1.64 bits per heavy atom. The zero-order chi connectivity index (χ0) is 18.7. The van der Waals surface area contributed by atoms with Crippen LogP contribution in [0.3, 0.4) is 0 Å². The van der Waals surface area contributed by atoms with Crippen LogP contribution >= 0.6 is 0 Å². The SMILES string of the molecule is CCCC[n+]1[c-]n(-c2ccc3c(c2)c2cccc4c5ccccc5n3c42)cc1. The minimum atomic E-state index is 1.02. The third-order valence-corrected chi connectivity index (χ3v) is 5.87. The Balaban J connectivity index is 1.61. The van der Waals surface area contributed by atoms with Gasteiger partial charge in [-0.05, 0) is 24.6 Å². The van der Waals surface area contributed by atoms with Crippen LogP contribution in [0.2, 0.25) is 0 Å². The molecule has 3 aromatic heterocycles. The molecule has 3 nitrogen and oxygen atoms in total. The van der Waals surface area contributed by atoms with Gasteiger partial charge >= 0.3 is 0 Å². The number of rotatable bonds is 4. The summed E-state index contributed by atoms with van der Waals surface area (Å²) in [6, 6.07) is 22.1. The minimum Gasteiger partial charge on any atom is -0.326 e. The maximum absolute atomic E-state index is 3.45. The van der Waals surface area contributed by atoms with Crippen molar-refractivity contribution in [2.45, 2.75) is 26.3 Å². The number of para-hydroxylation sites is 2. The Hall–Kier alpha value is -3.33. The fraction of sp³-hybridized carbons (Fsp3) is 0.160. The molecule has 0 aliphatic carbocycles. The molecule has 0 atom stereocenters. The van der Waals surface area contributed by atoms with E-state index in [2.05, 4.69) is 99.8 Å². The van der Waals surface area contributed by atoms with Crippen molar-refractivity contribution < 1.29 is 4.57 Å². The molecule has 0 aliphatic heterocycles. The molecule has 0 saturated heterocycles. The highest BCUT2D eigenvalue weighted by Gasteiger charge is 2.16. The van der Waals surface area contributed by atoms with Crippen LogP contribution in [0.4, 0.5) is 0 Å². The highest BCUT2D eigenvalue weighted by atomic mass is 15.1. The van der Waals surface area contributed by atoms with Gasteiger partial charge in [-0.1, -0.05) is 55.8 Å². The van der Waals surface area contributed by atoms with Crippen molar-refractivity contribution in [3.05, 3.63) is 79.4 Å². The second-order valence-corrected chi connectivity index (χ2v) is 7.57. The lowest BCUT2D eigenvalue weighted by Gasteiger charge is -2.04. The number of imidazole rings is 1. The molecule has 136 valence electrons. The van der Waals surface area contributed by atoms with E-state index in [0.29, 0.717) is 0 Å². The average Bonchev–Trinajstić information content (AvgIpc) is 3.43. The molecule has 3 heterocycles. The number of benzene rings is 3. The van der Waals surface area contributed by atoms with Crippen LogP contribution in [0.25, 0.3) is 43.8 Å². The number of aromatic nitrogens is 3. The van der Waals surface area contributed by atoms with Gasteiger partial charge in [0, 0.05) is 33.9 Å². The van der Waals surface area contributed by atoms with E-state index in [0.717, 1.165) is 12.2 Å². The number of hydrogen-bond acceptors (Lipinski definition) is 0. The molecule has 3 heteroatoms. The van der Waals surface area contributed by atoms with E-state index in [-0.39, 0.29) is 0 Å². The monoisotopic (exact) mass is 363 g/mol. The smallest absolute Gasteiger partial charge is 0.243 e. The lowest BCUT2D eigenvalue weighted by molar-refractivity contribution is -0.700. The van der Waals surface area contributed by atoms with Crippen molar-refractivity contribution in [3.8, 4) is 5.69 Å². The maximum Gasteiger partial charge on any atom is 0.243 e. The second-order valence-electron chi connectivity index (χ2n) is 7.57. The van der Waals surface area contributed by atoms with Gasteiger partial charge in [0.2, 0.25) is 6.33 Å². The van der Waals surface area contributed by atoms with E-state index in [4.69, 9.17) is 0 Å². The molecule has 3 aromatic carbocycles. The molecule has 0 radical (unpaired) electrons. The van der Waals surface area contributed by atoms with Crippen molar-refractivity contribution in [2.75, 3.05) is 0 Å². The van der Waals surface area contributed by atoms with E-state index >= 15 is 0 Å². The first kappa shape index (κ1) is 15.7. The van der Waals surface area contributed by atoms with Crippen molar-refractivity contribution in [1.29, 1.82) is 0 Å². The summed E-state index contributed by atoms with van der Waals surface area (Å²) in [5.74, 6) is 0. The molecule has 0 N–H and O–H groups in total. The van der Waals surface area contributed by atoms with Crippen molar-refractivity contribution in [1.82, 2.24) is 8.97 Å². The molecule has 0 spiro atoms. The Morgan fingerprint density at radius 3 is 2.54 bits per heavy atom. The number of aryl methyl sites for hydroxylation is 1.